The van der Waals surface area contributed by atoms with E-state index in [0.29, 0.717) is 20.3 Å². The lowest BCUT2D eigenvalue weighted by molar-refractivity contribution is -0.134. The maximum Gasteiger partial charge on any atom is 0.419 e. The molecule has 12 nitrogen and oxygen atoms in total. The smallest absolute Gasteiger partial charge is 0.419 e. The third kappa shape index (κ3) is 15.3. The minimum atomic E-state index is -3.07. The van der Waals surface area contributed by atoms with Crippen LogP contribution in [0.3, 0.4) is 0 Å². The Morgan fingerprint density at radius 2 is 0.971 bits per heavy atom. The molecule has 3 unspecified atom stereocenters. The van der Waals surface area contributed by atoms with Crippen LogP contribution in [-0.2, 0) is 55.2 Å². The van der Waals surface area contributed by atoms with E-state index in [1.54, 1.807) is 6.08 Å². The molecule has 0 saturated carbocycles. The van der Waals surface area contributed by atoms with Crippen molar-refractivity contribution in [3.05, 3.63) is 21.8 Å². The van der Waals surface area contributed by atoms with Crippen LogP contribution in [-0.4, -0.2) is 117 Å². The van der Waals surface area contributed by atoms with Crippen molar-refractivity contribution < 1.29 is 55.2 Å². The Morgan fingerprint density at radius 3 is 1.29 bits per heavy atom. The van der Waals surface area contributed by atoms with Gasteiger partial charge in [0.1, 0.15) is 0 Å². The summed E-state index contributed by atoms with van der Waals surface area (Å²) in [6.45, 7) is 4.91. The largest absolute Gasteiger partial charge is 0.493 e. The average Bonchev–Trinajstić information content (AvgIpc) is 2.77. The predicted molar refractivity (Wildman–Crippen MR) is 136 cm³/mol. The van der Waals surface area contributed by atoms with Crippen molar-refractivity contribution >= 4 is 56.0 Å². The van der Waals surface area contributed by atoms with Crippen molar-refractivity contribution in [2.24, 2.45) is 0 Å². The summed E-state index contributed by atoms with van der Waals surface area (Å²) in [6, 6.07) is 0. The first-order valence-electron chi connectivity index (χ1n) is 10.9. The van der Waals surface area contributed by atoms with Crippen LogP contribution in [0.5, 0.6) is 0 Å². The van der Waals surface area contributed by atoms with Gasteiger partial charge in [0.05, 0.1) is 39.6 Å². The first-order valence-corrected chi connectivity index (χ1v) is 16.6. The van der Waals surface area contributed by atoms with Crippen molar-refractivity contribution in [3.8, 4) is 0 Å². The minimum absolute atomic E-state index is 0.117. The van der Waals surface area contributed by atoms with Gasteiger partial charge in [0.25, 0.3) is 17.9 Å². The van der Waals surface area contributed by atoms with Gasteiger partial charge >= 0.3 is 27.9 Å². The number of rotatable bonds is 19. The van der Waals surface area contributed by atoms with Gasteiger partial charge in [-0.1, -0.05) is 6.08 Å². The average molecular weight is 571 g/mol. The molecule has 0 saturated heterocycles. The molecule has 0 aliphatic heterocycles. The number of methoxy groups -OCH3 is 3. The summed E-state index contributed by atoms with van der Waals surface area (Å²) in [5.74, 6) is -1.71. The fourth-order valence-electron chi connectivity index (χ4n) is 2.60. The van der Waals surface area contributed by atoms with Gasteiger partial charge in [0.2, 0.25) is 0 Å². The molecule has 0 N–H and O–H groups in total. The second-order valence-corrected chi connectivity index (χ2v) is 13.7. The molecule has 35 heavy (non-hydrogen) atoms. The molecular formula is C19H38O12Si4. The Bertz CT molecular complexity index is 671. The minimum Gasteiger partial charge on any atom is -0.493 e. The van der Waals surface area contributed by atoms with Crippen LogP contribution in [0.15, 0.2) is 21.8 Å². The molecule has 16 heteroatoms. The standard InChI is InChI=1S/C19H38O12Si4/c1-15(20)29-33(26-11-8-23-4)18(7-14-32)19(34(30-16(2)21)27-12-9-24-5)35(31-17(3)22)28-13-10-25-6/h7,14,33-35H,8-13H2,1-6,32H3. The lowest BCUT2D eigenvalue weighted by Gasteiger charge is -2.28. The summed E-state index contributed by atoms with van der Waals surface area (Å²) in [5, 5.41) is 0.469. The molecule has 0 rings (SSSR count). The van der Waals surface area contributed by atoms with Crippen LogP contribution in [0.2, 0.25) is 0 Å². The van der Waals surface area contributed by atoms with Gasteiger partial charge in [0.15, 0.2) is 0 Å². The molecule has 0 aromatic heterocycles. The van der Waals surface area contributed by atoms with Crippen LogP contribution in [0, 0.1) is 0 Å². The summed E-state index contributed by atoms with van der Waals surface area (Å²) in [7, 11) is -3.90. The highest BCUT2D eigenvalue weighted by Gasteiger charge is 2.41. The van der Waals surface area contributed by atoms with E-state index in [4.69, 9.17) is 40.8 Å². The van der Waals surface area contributed by atoms with E-state index >= 15 is 0 Å². The molecule has 0 aliphatic rings. The van der Waals surface area contributed by atoms with E-state index in [1.807, 2.05) is 5.70 Å². The maximum absolute atomic E-state index is 12.0. The summed E-state index contributed by atoms with van der Waals surface area (Å²) >= 11 is 0. The molecule has 0 amide bonds. The van der Waals surface area contributed by atoms with Gasteiger partial charge in [-0.25, -0.2) is 0 Å². The molecule has 0 aliphatic carbocycles. The van der Waals surface area contributed by atoms with Gasteiger partial charge in [-0.05, 0) is 0 Å². The topological polar surface area (TPSA) is 134 Å². The summed E-state index contributed by atoms with van der Waals surface area (Å²) < 4.78 is 49.8. The fraction of sp³-hybridized carbons (Fsp3) is 0.632. The zero-order valence-corrected chi connectivity index (χ0v) is 27.0. The molecule has 0 aromatic rings. The molecule has 0 radical (unpaired) electrons. The van der Waals surface area contributed by atoms with E-state index in [9.17, 15) is 14.4 Å². The highest BCUT2D eigenvalue weighted by Crippen LogP contribution is 2.22. The zero-order chi connectivity index (χ0) is 26.6. The van der Waals surface area contributed by atoms with E-state index < -0.39 is 45.8 Å². The van der Waals surface area contributed by atoms with Gasteiger partial charge in [-0.3, -0.25) is 14.4 Å². The molecule has 3 atom stereocenters. The Hall–Kier alpha value is -1.48. The lowest BCUT2D eigenvalue weighted by atomic mass is 10.6. The van der Waals surface area contributed by atoms with Crippen molar-refractivity contribution in [1.82, 2.24) is 0 Å². The SMILES string of the molecule is COCCO[SiH](OC(C)=O)C(C=C[SiH3])=C([SiH](OCCOC)OC(C)=O)[SiH](OCCOC)OC(C)=O. The predicted octanol–water partition coefficient (Wildman–Crippen LogP) is -1.88. The van der Waals surface area contributed by atoms with E-state index in [1.165, 1.54) is 42.1 Å². The number of allylic oxidation sites excluding steroid dienone is 2. The van der Waals surface area contributed by atoms with Crippen LogP contribution >= 0.6 is 0 Å². The number of carbonyl (C=O) groups is 3. The van der Waals surface area contributed by atoms with Crippen molar-refractivity contribution in [1.29, 1.82) is 0 Å². The molecule has 202 valence electrons. The molecule has 0 fully saturated rings. The van der Waals surface area contributed by atoms with Crippen LogP contribution < -0.4 is 0 Å². The third-order valence-electron chi connectivity index (χ3n) is 3.93. The van der Waals surface area contributed by atoms with Crippen LogP contribution in [0.1, 0.15) is 20.8 Å². The van der Waals surface area contributed by atoms with Crippen molar-refractivity contribution in [3.63, 3.8) is 0 Å². The Labute approximate surface area is 214 Å². The summed E-state index contributed by atoms with van der Waals surface area (Å²) in [6.07, 6.45) is 1.74. The number of ether oxygens (including phenoxy) is 3. The van der Waals surface area contributed by atoms with Crippen LogP contribution in [0.25, 0.3) is 0 Å². The van der Waals surface area contributed by atoms with Crippen molar-refractivity contribution in [2.45, 2.75) is 20.8 Å². The first kappa shape index (κ1) is 33.5. The Kier molecular flexibility index (Phi) is 19.8. The normalized spacial score (nSPS) is 13.8. The first-order chi connectivity index (χ1) is 16.7. The summed E-state index contributed by atoms with van der Waals surface area (Å²) in [4.78, 5) is 36.4. The molecular weight excluding hydrogens is 533 g/mol. The van der Waals surface area contributed by atoms with Crippen molar-refractivity contribution in [2.75, 3.05) is 61.0 Å². The quantitative estimate of drug-likeness (QED) is 0.0744. The highest BCUT2D eigenvalue weighted by molar-refractivity contribution is 6.82. The molecule has 0 spiro atoms. The second-order valence-electron chi connectivity index (χ2n) is 6.83. The van der Waals surface area contributed by atoms with Gasteiger partial charge in [-0.2, -0.15) is 0 Å². The maximum atomic E-state index is 12.0. The van der Waals surface area contributed by atoms with E-state index in [0.717, 1.165) is 0 Å². The third-order valence-corrected chi connectivity index (χ3v) is 12.5. The van der Waals surface area contributed by atoms with Gasteiger partial charge < -0.3 is 40.8 Å². The number of hydrogen-bond donors (Lipinski definition) is 0. The second kappa shape index (κ2) is 20.7. The lowest BCUT2D eigenvalue weighted by Crippen LogP contribution is -2.45. The molecule has 0 aromatic carbocycles. The Morgan fingerprint density at radius 1 is 0.629 bits per heavy atom. The van der Waals surface area contributed by atoms with Crippen LogP contribution in [0.4, 0.5) is 0 Å². The number of hydrogen-bond acceptors (Lipinski definition) is 12. The number of carbonyl (C=O) groups excluding carboxylic acids is 3. The summed E-state index contributed by atoms with van der Waals surface area (Å²) in [5.41, 5.74) is 1.85. The highest BCUT2D eigenvalue weighted by atomic mass is 28.4. The van der Waals surface area contributed by atoms with Gasteiger partial charge in [-0.15, -0.1) is 5.70 Å². The molecule has 0 heterocycles. The monoisotopic (exact) mass is 570 g/mol. The fourth-order valence-corrected chi connectivity index (χ4v) is 11.2. The van der Waals surface area contributed by atoms with E-state index in [2.05, 4.69) is 0 Å². The zero-order valence-electron chi connectivity index (χ0n) is 21.5. The molecule has 0 bridgehead atoms. The Balaban J connectivity index is 6.89. The van der Waals surface area contributed by atoms with Gasteiger partial charge in [0, 0.05) is 62.4 Å². The van der Waals surface area contributed by atoms with E-state index in [-0.39, 0.29) is 39.6 Å².